The van der Waals surface area contributed by atoms with Crippen LogP contribution in [0.5, 0.6) is 28.7 Å². The van der Waals surface area contributed by atoms with Crippen molar-refractivity contribution >= 4 is 22.6 Å². The number of hydrogen-bond acceptors (Lipinski definition) is 7. The molecule has 1 aromatic heterocycles. The molecule has 8 heteroatoms. The molecule has 7 nitrogen and oxygen atoms in total. The van der Waals surface area contributed by atoms with Gasteiger partial charge >= 0.3 is 0 Å². The summed E-state index contributed by atoms with van der Waals surface area (Å²) in [6.07, 6.45) is 0. The number of phenolic OH excluding ortho intramolecular Hbond substituents is 1. The third-order valence-corrected chi connectivity index (χ3v) is 4.39. The van der Waals surface area contributed by atoms with Crippen LogP contribution in [0.2, 0.25) is 5.02 Å². The molecule has 27 heavy (non-hydrogen) atoms. The first kappa shape index (κ1) is 18.7. The Morgan fingerprint density at radius 2 is 1.63 bits per heavy atom. The van der Waals surface area contributed by atoms with Crippen LogP contribution in [0.15, 0.2) is 33.5 Å². The van der Waals surface area contributed by atoms with E-state index in [9.17, 15) is 9.90 Å². The number of halogens is 1. The van der Waals surface area contributed by atoms with Gasteiger partial charge in [-0.3, -0.25) is 4.79 Å². The number of fused-ring (bicyclic) bond motifs is 1. The lowest BCUT2D eigenvalue weighted by Crippen LogP contribution is -2.10. The fourth-order valence-electron chi connectivity index (χ4n) is 2.84. The number of ether oxygens (including phenoxy) is 4. The molecule has 1 N–H and O–H groups in total. The molecule has 0 saturated heterocycles. The third kappa shape index (κ3) is 2.90. The van der Waals surface area contributed by atoms with Gasteiger partial charge in [-0.1, -0.05) is 17.7 Å². The van der Waals surface area contributed by atoms with E-state index in [1.807, 2.05) is 0 Å². The van der Waals surface area contributed by atoms with Gasteiger partial charge < -0.3 is 28.5 Å². The highest BCUT2D eigenvalue weighted by Gasteiger charge is 2.26. The first-order valence-corrected chi connectivity index (χ1v) is 8.17. The minimum absolute atomic E-state index is 0.00334. The lowest BCUT2D eigenvalue weighted by molar-refractivity contribution is 0.346. The number of rotatable bonds is 5. The summed E-state index contributed by atoms with van der Waals surface area (Å²) in [6.45, 7) is 0. The van der Waals surface area contributed by atoms with E-state index in [0.29, 0.717) is 5.75 Å². The summed E-state index contributed by atoms with van der Waals surface area (Å²) in [5, 5.41) is 10.6. The van der Waals surface area contributed by atoms with E-state index < -0.39 is 5.43 Å². The highest BCUT2D eigenvalue weighted by atomic mass is 35.5. The minimum Gasteiger partial charge on any atom is -0.506 e. The van der Waals surface area contributed by atoms with Gasteiger partial charge in [-0.25, -0.2) is 0 Å². The normalized spacial score (nSPS) is 10.7. The fraction of sp³-hybridized carbons (Fsp3) is 0.211. The van der Waals surface area contributed by atoms with Gasteiger partial charge in [-0.05, 0) is 12.1 Å². The monoisotopic (exact) mass is 392 g/mol. The summed E-state index contributed by atoms with van der Waals surface area (Å²) >= 11 is 6.00. The van der Waals surface area contributed by atoms with Crippen LogP contribution < -0.4 is 24.4 Å². The molecular weight excluding hydrogens is 376 g/mol. The number of methoxy groups -OCH3 is 4. The molecule has 3 rings (SSSR count). The van der Waals surface area contributed by atoms with Gasteiger partial charge in [-0.2, -0.15) is 0 Å². The van der Waals surface area contributed by atoms with Crippen molar-refractivity contribution in [2.45, 2.75) is 0 Å². The Labute approximate surface area is 159 Å². The topological polar surface area (TPSA) is 87.4 Å². The molecule has 0 radical (unpaired) electrons. The molecule has 0 unspecified atom stereocenters. The molecule has 142 valence electrons. The van der Waals surface area contributed by atoms with Crippen molar-refractivity contribution in [2.24, 2.45) is 0 Å². The van der Waals surface area contributed by atoms with Crippen molar-refractivity contribution in [1.82, 2.24) is 0 Å². The highest BCUT2D eigenvalue weighted by molar-refractivity contribution is 6.32. The average molecular weight is 393 g/mol. The number of phenols is 1. The molecule has 0 atom stereocenters. The van der Waals surface area contributed by atoms with Crippen molar-refractivity contribution in [3.05, 3.63) is 39.5 Å². The molecule has 3 aromatic rings. The summed E-state index contributed by atoms with van der Waals surface area (Å²) in [7, 11) is 5.62. The van der Waals surface area contributed by atoms with Crippen LogP contribution in [-0.2, 0) is 0 Å². The van der Waals surface area contributed by atoms with E-state index in [0.717, 1.165) is 0 Å². The number of para-hydroxylation sites is 1. The number of aromatic hydroxyl groups is 1. The zero-order chi connectivity index (χ0) is 19.7. The van der Waals surface area contributed by atoms with Gasteiger partial charge in [-0.15, -0.1) is 0 Å². The molecule has 0 spiro atoms. The van der Waals surface area contributed by atoms with E-state index in [1.54, 1.807) is 12.1 Å². The SMILES string of the molecule is COc1cc(OC)c2c(=O)c(OC)c(-c3cccc(Cl)c3O)oc2c1OC. The molecule has 0 bridgehead atoms. The van der Waals surface area contributed by atoms with Crippen LogP contribution in [0, 0.1) is 0 Å². The first-order chi connectivity index (χ1) is 13.0. The molecule has 0 aliphatic rings. The lowest BCUT2D eigenvalue weighted by atomic mass is 10.1. The predicted octanol–water partition coefficient (Wildman–Crippen LogP) is 3.85. The quantitative estimate of drug-likeness (QED) is 0.705. The smallest absolute Gasteiger partial charge is 0.239 e. The summed E-state index contributed by atoms with van der Waals surface area (Å²) < 4.78 is 27.2. The summed E-state index contributed by atoms with van der Waals surface area (Å²) in [5.41, 5.74) is -0.206. The Balaban J connectivity index is 2.53. The van der Waals surface area contributed by atoms with Crippen LogP contribution >= 0.6 is 11.6 Å². The zero-order valence-electron chi connectivity index (χ0n) is 15.1. The Kier molecular flexibility index (Phi) is 5.05. The van der Waals surface area contributed by atoms with Crippen LogP contribution in [0.25, 0.3) is 22.3 Å². The minimum atomic E-state index is -0.495. The predicted molar refractivity (Wildman–Crippen MR) is 101 cm³/mol. The molecule has 1 heterocycles. The van der Waals surface area contributed by atoms with Gasteiger partial charge in [0.2, 0.25) is 16.9 Å². The molecule has 0 aliphatic carbocycles. The van der Waals surface area contributed by atoms with Crippen LogP contribution in [0.1, 0.15) is 0 Å². The second-order valence-electron chi connectivity index (χ2n) is 5.45. The van der Waals surface area contributed by atoms with Crippen LogP contribution in [-0.4, -0.2) is 33.5 Å². The molecule has 0 fully saturated rings. The third-order valence-electron chi connectivity index (χ3n) is 4.09. The second-order valence-corrected chi connectivity index (χ2v) is 5.86. The Morgan fingerprint density at radius 3 is 2.22 bits per heavy atom. The van der Waals surface area contributed by atoms with E-state index >= 15 is 0 Å². The van der Waals surface area contributed by atoms with Crippen molar-refractivity contribution in [2.75, 3.05) is 28.4 Å². The van der Waals surface area contributed by atoms with E-state index in [1.165, 1.54) is 40.6 Å². The Morgan fingerprint density at radius 1 is 0.963 bits per heavy atom. The molecule has 0 saturated carbocycles. The maximum atomic E-state index is 13.1. The van der Waals surface area contributed by atoms with Gasteiger partial charge in [0.05, 0.1) is 39.0 Å². The number of hydrogen-bond donors (Lipinski definition) is 1. The maximum absolute atomic E-state index is 13.1. The Hall–Kier alpha value is -3.06. The van der Waals surface area contributed by atoms with Crippen molar-refractivity contribution in [3.63, 3.8) is 0 Å². The first-order valence-electron chi connectivity index (χ1n) is 7.80. The summed E-state index contributed by atoms with van der Waals surface area (Å²) in [5.74, 6) is 0.409. The van der Waals surface area contributed by atoms with Crippen molar-refractivity contribution in [3.8, 4) is 40.1 Å². The maximum Gasteiger partial charge on any atom is 0.239 e. The van der Waals surface area contributed by atoms with Crippen LogP contribution in [0.3, 0.4) is 0 Å². The van der Waals surface area contributed by atoms with Crippen molar-refractivity contribution < 1.29 is 28.5 Å². The largest absolute Gasteiger partial charge is 0.506 e. The Bertz CT molecular complexity index is 1070. The van der Waals surface area contributed by atoms with Crippen molar-refractivity contribution in [1.29, 1.82) is 0 Å². The molecule has 2 aromatic carbocycles. The van der Waals surface area contributed by atoms with Gasteiger partial charge in [0, 0.05) is 6.07 Å². The standard InChI is InChI=1S/C19H17ClO7/c1-23-11-8-12(24-2)17(25-3)18-13(11)15(22)19(26-4)16(27-18)9-6-5-7-10(20)14(9)21/h5-8,21H,1-4H3. The zero-order valence-corrected chi connectivity index (χ0v) is 15.8. The van der Waals surface area contributed by atoms with Gasteiger partial charge in [0.25, 0.3) is 0 Å². The van der Waals surface area contributed by atoms with Gasteiger partial charge in [0.1, 0.15) is 16.9 Å². The summed E-state index contributed by atoms with van der Waals surface area (Å²) in [4.78, 5) is 13.1. The number of benzene rings is 2. The van der Waals surface area contributed by atoms with Crippen LogP contribution in [0.4, 0.5) is 0 Å². The lowest BCUT2D eigenvalue weighted by Gasteiger charge is -2.16. The molecule has 0 amide bonds. The fourth-order valence-corrected chi connectivity index (χ4v) is 3.01. The average Bonchev–Trinajstić information content (AvgIpc) is 2.68. The second kappa shape index (κ2) is 7.28. The highest BCUT2D eigenvalue weighted by Crippen LogP contribution is 2.45. The van der Waals surface area contributed by atoms with E-state index in [-0.39, 0.29) is 50.3 Å². The van der Waals surface area contributed by atoms with E-state index in [2.05, 4.69) is 0 Å². The van der Waals surface area contributed by atoms with E-state index in [4.69, 9.17) is 35.0 Å². The molecular formula is C19H17ClO7. The molecule has 0 aliphatic heterocycles. The van der Waals surface area contributed by atoms with Gasteiger partial charge in [0.15, 0.2) is 17.1 Å². The summed E-state index contributed by atoms with van der Waals surface area (Å²) in [6, 6.07) is 6.20.